The van der Waals surface area contributed by atoms with Gasteiger partial charge in [-0.15, -0.1) is 0 Å². The Labute approximate surface area is 164 Å². The highest BCUT2D eigenvalue weighted by molar-refractivity contribution is 7.86. The number of benzene rings is 1. The number of aromatic amines is 1. The molecule has 0 amide bonds. The summed E-state index contributed by atoms with van der Waals surface area (Å²) in [4.78, 5) is 15.2. The normalized spacial score (nSPS) is 24.2. The number of hydrogen-bond acceptors (Lipinski definition) is 5. The lowest BCUT2D eigenvalue weighted by atomic mass is 10.0. The Morgan fingerprint density at radius 3 is 2.61 bits per heavy atom. The average molecular weight is 407 g/mol. The number of fused-ring (bicyclic) bond motifs is 3. The van der Waals surface area contributed by atoms with Gasteiger partial charge in [-0.3, -0.25) is 0 Å². The molecule has 2 atom stereocenters. The van der Waals surface area contributed by atoms with Gasteiger partial charge in [0.15, 0.2) is 0 Å². The van der Waals surface area contributed by atoms with Crippen LogP contribution in [0.1, 0.15) is 35.5 Å². The zero-order valence-corrected chi connectivity index (χ0v) is 17.1. The van der Waals surface area contributed by atoms with Crippen molar-refractivity contribution in [3.63, 3.8) is 0 Å². The maximum atomic E-state index is 13.2. The van der Waals surface area contributed by atoms with E-state index in [2.05, 4.69) is 4.98 Å². The molecule has 3 heterocycles. The van der Waals surface area contributed by atoms with Crippen LogP contribution in [-0.2, 0) is 32.6 Å². The highest BCUT2D eigenvalue weighted by Gasteiger charge is 2.37. The van der Waals surface area contributed by atoms with E-state index in [1.165, 1.54) is 15.7 Å². The van der Waals surface area contributed by atoms with Gasteiger partial charge in [0.25, 0.3) is 10.2 Å². The van der Waals surface area contributed by atoms with Gasteiger partial charge in [0.2, 0.25) is 0 Å². The number of nitrogens with zero attached hydrogens (tertiary/aromatic N) is 2. The summed E-state index contributed by atoms with van der Waals surface area (Å²) in [5.74, 6) is -0.409. The first-order valence-corrected chi connectivity index (χ1v) is 10.8. The first-order valence-electron chi connectivity index (χ1n) is 9.42. The number of ether oxygens (including phenoxy) is 2. The fourth-order valence-corrected chi connectivity index (χ4v) is 5.85. The van der Waals surface area contributed by atoms with Crippen LogP contribution < -0.4 is 0 Å². The van der Waals surface area contributed by atoms with Crippen LogP contribution in [0, 0.1) is 0 Å². The van der Waals surface area contributed by atoms with Gasteiger partial charge in [-0.25, -0.2) is 4.79 Å². The number of morpholine rings is 1. The van der Waals surface area contributed by atoms with Crippen molar-refractivity contribution < 1.29 is 22.7 Å². The number of carbonyl (C=O) groups is 1. The van der Waals surface area contributed by atoms with Gasteiger partial charge >= 0.3 is 5.97 Å². The van der Waals surface area contributed by atoms with Crippen molar-refractivity contribution >= 4 is 27.1 Å². The molecule has 8 nitrogen and oxygen atoms in total. The molecule has 0 bridgehead atoms. The predicted octanol–water partition coefficient (Wildman–Crippen LogP) is 1.67. The first kappa shape index (κ1) is 19.4. The second kappa shape index (κ2) is 7.14. The van der Waals surface area contributed by atoms with E-state index in [-0.39, 0.29) is 18.8 Å². The van der Waals surface area contributed by atoms with Gasteiger partial charge in [-0.05, 0) is 37.6 Å². The molecule has 1 saturated heterocycles. The van der Waals surface area contributed by atoms with Crippen LogP contribution in [0.25, 0.3) is 10.9 Å². The minimum absolute atomic E-state index is 0.130. The summed E-state index contributed by atoms with van der Waals surface area (Å²) in [6, 6.07) is 5.32. The fraction of sp³-hybridized carbons (Fsp3) is 0.526. The number of esters is 1. The van der Waals surface area contributed by atoms with Crippen molar-refractivity contribution in [1.29, 1.82) is 0 Å². The Hall–Kier alpha value is -1.94. The Morgan fingerprint density at radius 2 is 1.93 bits per heavy atom. The SMILES string of the molecule is COC(=O)c1ccc2[nH]c3c(c2c1)CN(S(=O)(=O)N1C[C@@H](C)O[C@H](C)C1)CC3. The number of carbonyl (C=O) groups excluding carboxylic acids is 1. The third kappa shape index (κ3) is 3.32. The summed E-state index contributed by atoms with van der Waals surface area (Å²) >= 11 is 0. The summed E-state index contributed by atoms with van der Waals surface area (Å²) in [7, 11) is -2.25. The van der Waals surface area contributed by atoms with Crippen LogP contribution >= 0.6 is 0 Å². The van der Waals surface area contributed by atoms with Crippen LogP contribution in [0.15, 0.2) is 18.2 Å². The molecule has 4 rings (SSSR count). The smallest absolute Gasteiger partial charge is 0.337 e. The van der Waals surface area contributed by atoms with Gasteiger partial charge in [-0.2, -0.15) is 17.0 Å². The summed E-state index contributed by atoms with van der Waals surface area (Å²) in [6.45, 7) is 5.20. The second-order valence-corrected chi connectivity index (χ2v) is 9.43. The van der Waals surface area contributed by atoms with Crippen molar-refractivity contribution in [2.24, 2.45) is 0 Å². The number of rotatable bonds is 3. The summed E-state index contributed by atoms with van der Waals surface area (Å²) < 4.78 is 40.0. The third-order valence-electron chi connectivity index (χ3n) is 5.40. The highest BCUT2D eigenvalue weighted by atomic mass is 32.2. The zero-order chi connectivity index (χ0) is 20.1. The van der Waals surface area contributed by atoms with E-state index >= 15 is 0 Å². The lowest BCUT2D eigenvalue weighted by Gasteiger charge is -2.38. The minimum Gasteiger partial charge on any atom is -0.465 e. The maximum absolute atomic E-state index is 13.2. The highest BCUT2D eigenvalue weighted by Crippen LogP contribution is 2.31. The monoisotopic (exact) mass is 407 g/mol. The number of methoxy groups -OCH3 is 1. The molecule has 2 aromatic rings. The van der Waals surface area contributed by atoms with Crippen LogP contribution in [0.4, 0.5) is 0 Å². The second-order valence-electron chi connectivity index (χ2n) is 7.50. The first-order chi connectivity index (χ1) is 13.3. The van der Waals surface area contributed by atoms with E-state index in [4.69, 9.17) is 9.47 Å². The minimum atomic E-state index is -3.59. The summed E-state index contributed by atoms with van der Waals surface area (Å²) in [5.41, 5.74) is 3.29. The summed E-state index contributed by atoms with van der Waals surface area (Å²) in [6.07, 6.45) is 0.343. The largest absolute Gasteiger partial charge is 0.465 e. The molecule has 9 heteroatoms. The molecule has 1 aromatic carbocycles. The molecule has 28 heavy (non-hydrogen) atoms. The Morgan fingerprint density at radius 1 is 1.21 bits per heavy atom. The molecule has 0 unspecified atom stereocenters. The molecule has 152 valence electrons. The topological polar surface area (TPSA) is 91.9 Å². The number of nitrogens with one attached hydrogen (secondary N) is 1. The van der Waals surface area contributed by atoms with Crippen molar-refractivity contribution in [2.75, 3.05) is 26.7 Å². The Balaban J connectivity index is 1.66. The quantitative estimate of drug-likeness (QED) is 0.782. The molecular weight excluding hydrogens is 382 g/mol. The van der Waals surface area contributed by atoms with Gasteiger partial charge in [0, 0.05) is 49.2 Å². The van der Waals surface area contributed by atoms with Gasteiger partial charge in [0.1, 0.15) is 0 Å². The fourth-order valence-electron chi connectivity index (χ4n) is 4.11. The van der Waals surface area contributed by atoms with Crippen molar-refractivity contribution in [3.8, 4) is 0 Å². The molecule has 0 aliphatic carbocycles. The standard InChI is InChI=1S/C19H25N3O5S/c1-12-9-22(10-13(2)27-12)28(24,25)21-7-6-18-16(11-21)15-8-14(19(23)26-3)4-5-17(15)20-18/h4-5,8,12-13,20H,6-7,9-11H2,1-3H3/t12-,13-/m1/s1. The maximum Gasteiger partial charge on any atom is 0.337 e. The van der Waals surface area contributed by atoms with Crippen molar-refractivity contribution in [2.45, 2.75) is 39.0 Å². The van der Waals surface area contributed by atoms with E-state index in [0.29, 0.717) is 31.6 Å². The zero-order valence-electron chi connectivity index (χ0n) is 16.3. The third-order valence-corrected chi connectivity index (χ3v) is 7.31. The molecule has 1 N–H and O–H groups in total. The van der Waals surface area contributed by atoms with E-state index in [1.807, 2.05) is 19.9 Å². The Bertz CT molecular complexity index is 1010. The molecule has 1 aromatic heterocycles. The molecule has 0 saturated carbocycles. The molecule has 1 fully saturated rings. The molecule has 2 aliphatic heterocycles. The van der Waals surface area contributed by atoms with E-state index in [1.54, 1.807) is 12.1 Å². The number of H-pyrrole nitrogens is 1. The lowest BCUT2D eigenvalue weighted by molar-refractivity contribution is -0.0455. The van der Waals surface area contributed by atoms with Crippen LogP contribution in [0.3, 0.4) is 0 Å². The average Bonchev–Trinajstić information content (AvgIpc) is 3.03. The van der Waals surface area contributed by atoms with Crippen LogP contribution in [0.5, 0.6) is 0 Å². The number of aromatic nitrogens is 1. The van der Waals surface area contributed by atoms with E-state index in [9.17, 15) is 13.2 Å². The molecular formula is C19H25N3O5S. The van der Waals surface area contributed by atoms with Crippen LogP contribution in [0.2, 0.25) is 0 Å². The van der Waals surface area contributed by atoms with Gasteiger partial charge < -0.3 is 14.5 Å². The van der Waals surface area contributed by atoms with Crippen molar-refractivity contribution in [3.05, 3.63) is 35.0 Å². The molecule has 2 aliphatic rings. The van der Waals surface area contributed by atoms with E-state index in [0.717, 1.165) is 22.2 Å². The van der Waals surface area contributed by atoms with Gasteiger partial charge in [0.05, 0.1) is 24.9 Å². The summed E-state index contributed by atoms with van der Waals surface area (Å²) in [5, 5.41) is 0.863. The predicted molar refractivity (Wildman–Crippen MR) is 104 cm³/mol. The van der Waals surface area contributed by atoms with Crippen molar-refractivity contribution in [1.82, 2.24) is 13.6 Å². The Kier molecular flexibility index (Phi) is 4.95. The number of hydrogen-bond donors (Lipinski definition) is 1. The van der Waals surface area contributed by atoms with Gasteiger partial charge in [-0.1, -0.05) is 0 Å². The van der Waals surface area contributed by atoms with E-state index < -0.39 is 16.2 Å². The van der Waals surface area contributed by atoms with Crippen LogP contribution in [-0.4, -0.2) is 66.9 Å². The molecule has 0 radical (unpaired) electrons. The lowest BCUT2D eigenvalue weighted by Crippen LogP contribution is -2.53. The molecule has 0 spiro atoms.